The summed E-state index contributed by atoms with van der Waals surface area (Å²) in [5, 5.41) is 10.1. The van der Waals surface area contributed by atoms with E-state index >= 15 is 0 Å². The Morgan fingerprint density at radius 1 is 1.42 bits per heavy atom. The smallest absolute Gasteiger partial charge is 0.0905 e. The number of aliphatic hydroxyl groups is 1. The van der Waals surface area contributed by atoms with Crippen molar-refractivity contribution in [1.29, 1.82) is 0 Å². The molecule has 1 aliphatic heterocycles. The summed E-state index contributed by atoms with van der Waals surface area (Å²) in [4.78, 5) is 0. The zero-order valence-electron chi connectivity index (χ0n) is 11.0. The molecule has 0 aliphatic carbocycles. The largest absolute Gasteiger partial charge is 0.387 e. The average Bonchev–Trinajstić information content (AvgIpc) is 2.91. The molecular weight excluding hydrogens is 262 g/mol. The molecule has 1 heterocycles. The molecule has 3 atom stereocenters. The van der Waals surface area contributed by atoms with E-state index in [1.165, 1.54) is 0 Å². The van der Waals surface area contributed by atoms with Gasteiger partial charge in [-0.2, -0.15) is 0 Å². The van der Waals surface area contributed by atoms with Gasteiger partial charge in [-0.3, -0.25) is 4.21 Å². The minimum atomic E-state index is -1.05. The highest BCUT2D eigenvalue weighted by Gasteiger charge is 2.20. The van der Waals surface area contributed by atoms with Crippen molar-refractivity contribution in [2.75, 3.05) is 18.1 Å². The maximum absolute atomic E-state index is 12.0. The van der Waals surface area contributed by atoms with E-state index < -0.39 is 16.9 Å². The molecule has 2 rings (SSSR count). The van der Waals surface area contributed by atoms with E-state index in [0.717, 1.165) is 30.6 Å². The molecular formula is C14H21NO3S. The Balaban J connectivity index is 1.84. The summed E-state index contributed by atoms with van der Waals surface area (Å²) in [6.07, 6.45) is 1.44. The Bertz CT molecular complexity index is 415. The van der Waals surface area contributed by atoms with Gasteiger partial charge in [0.15, 0.2) is 0 Å². The number of hydrogen-bond donors (Lipinski definition) is 2. The fraction of sp³-hybridized carbons (Fsp3) is 0.571. The van der Waals surface area contributed by atoms with Crippen molar-refractivity contribution in [3.8, 4) is 0 Å². The van der Waals surface area contributed by atoms with Gasteiger partial charge >= 0.3 is 0 Å². The van der Waals surface area contributed by atoms with Crippen LogP contribution < -0.4 is 5.73 Å². The lowest BCUT2D eigenvalue weighted by molar-refractivity contribution is 0.128. The molecule has 3 N–H and O–H groups in total. The Labute approximate surface area is 116 Å². The van der Waals surface area contributed by atoms with Crippen LogP contribution >= 0.6 is 0 Å². The van der Waals surface area contributed by atoms with Gasteiger partial charge in [-0.15, -0.1) is 0 Å². The molecule has 0 saturated carbocycles. The number of ether oxygens (including phenoxy) is 1. The van der Waals surface area contributed by atoms with Gasteiger partial charge in [0.25, 0.3) is 0 Å². The number of rotatable bonds is 6. The number of hydrogen-bond acceptors (Lipinski definition) is 4. The first kappa shape index (κ1) is 14.7. The summed E-state index contributed by atoms with van der Waals surface area (Å²) in [7, 11) is -1.05. The van der Waals surface area contributed by atoms with Gasteiger partial charge in [-0.25, -0.2) is 0 Å². The Hall–Kier alpha value is -0.750. The molecule has 1 aliphatic rings. The van der Waals surface area contributed by atoms with E-state index in [1.807, 2.05) is 24.3 Å². The summed E-state index contributed by atoms with van der Waals surface area (Å²) in [6, 6.07) is 7.47. The molecule has 1 aromatic carbocycles. The lowest BCUT2D eigenvalue weighted by Gasteiger charge is -2.13. The van der Waals surface area contributed by atoms with Crippen molar-refractivity contribution in [2.45, 2.75) is 31.6 Å². The van der Waals surface area contributed by atoms with Gasteiger partial charge < -0.3 is 15.6 Å². The summed E-state index contributed by atoms with van der Waals surface area (Å²) in [5.41, 5.74) is 7.34. The third-order valence-electron chi connectivity index (χ3n) is 3.34. The van der Waals surface area contributed by atoms with E-state index in [0.29, 0.717) is 12.3 Å². The topological polar surface area (TPSA) is 72.5 Å². The first-order chi connectivity index (χ1) is 9.19. The van der Waals surface area contributed by atoms with Gasteiger partial charge in [-0.1, -0.05) is 24.3 Å². The van der Waals surface area contributed by atoms with Crippen LogP contribution in [0.15, 0.2) is 24.3 Å². The van der Waals surface area contributed by atoms with Gasteiger partial charge in [0.2, 0.25) is 0 Å². The van der Waals surface area contributed by atoms with Crippen LogP contribution in [0.5, 0.6) is 0 Å². The summed E-state index contributed by atoms with van der Waals surface area (Å²) in [5.74, 6) is 0.791. The molecule has 5 heteroatoms. The van der Waals surface area contributed by atoms with Gasteiger partial charge in [0, 0.05) is 29.7 Å². The normalized spacial score (nSPS) is 22.3. The molecule has 0 aromatic heterocycles. The van der Waals surface area contributed by atoms with Crippen LogP contribution in [0.2, 0.25) is 0 Å². The zero-order valence-corrected chi connectivity index (χ0v) is 11.8. The van der Waals surface area contributed by atoms with E-state index in [9.17, 15) is 9.32 Å². The molecule has 106 valence electrons. The van der Waals surface area contributed by atoms with Crippen LogP contribution in [0, 0.1) is 0 Å². The Morgan fingerprint density at radius 3 is 2.74 bits per heavy atom. The lowest BCUT2D eigenvalue weighted by atomic mass is 10.1. The molecule has 0 spiro atoms. The van der Waals surface area contributed by atoms with Crippen LogP contribution in [-0.2, 0) is 22.1 Å². The van der Waals surface area contributed by atoms with Crippen molar-refractivity contribution in [1.82, 2.24) is 0 Å². The van der Waals surface area contributed by atoms with E-state index in [-0.39, 0.29) is 11.9 Å². The fourth-order valence-corrected chi connectivity index (χ4v) is 3.56. The van der Waals surface area contributed by atoms with Gasteiger partial charge in [0.1, 0.15) is 0 Å². The van der Waals surface area contributed by atoms with Crippen molar-refractivity contribution < 1.29 is 14.1 Å². The van der Waals surface area contributed by atoms with E-state index in [4.69, 9.17) is 10.5 Å². The molecule has 1 fully saturated rings. The van der Waals surface area contributed by atoms with E-state index in [2.05, 4.69) is 0 Å². The average molecular weight is 283 g/mol. The zero-order chi connectivity index (χ0) is 13.7. The predicted octanol–water partition coefficient (Wildman–Crippen LogP) is 1.11. The first-order valence-corrected chi connectivity index (χ1v) is 8.11. The van der Waals surface area contributed by atoms with Gasteiger partial charge in [0.05, 0.1) is 18.0 Å². The molecule has 19 heavy (non-hydrogen) atoms. The number of nitrogens with two attached hydrogens (primary N) is 1. The van der Waals surface area contributed by atoms with Gasteiger partial charge in [-0.05, 0) is 24.0 Å². The van der Waals surface area contributed by atoms with E-state index in [1.54, 1.807) is 0 Å². The van der Waals surface area contributed by atoms with Crippen LogP contribution in [0.3, 0.4) is 0 Å². The van der Waals surface area contributed by atoms with Crippen LogP contribution in [0.4, 0.5) is 0 Å². The standard InChI is InChI=1S/C14H21NO3S/c15-8-11-3-5-12(6-4-11)14(16)10-19(17)9-13-2-1-7-18-13/h3-6,13-14,16H,1-2,7-10,15H2. The van der Waals surface area contributed by atoms with Crippen LogP contribution in [0.1, 0.15) is 30.1 Å². The van der Waals surface area contributed by atoms with Crippen molar-refractivity contribution in [3.63, 3.8) is 0 Å². The second-order valence-electron chi connectivity index (χ2n) is 4.87. The molecule has 4 nitrogen and oxygen atoms in total. The second-order valence-corrected chi connectivity index (χ2v) is 6.42. The highest BCUT2D eigenvalue weighted by Crippen LogP contribution is 2.17. The molecule has 1 saturated heterocycles. The summed E-state index contributed by atoms with van der Waals surface area (Å²) < 4.78 is 17.4. The monoisotopic (exact) mass is 283 g/mol. The molecule has 1 aromatic rings. The molecule has 0 bridgehead atoms. The van der Waals surface area contributed by atoms with Crippen molar-refractivity contribution >= 4 is 10.8 Å². The number of aliphatic hydroxyl groups excluding tert-OH is 1. The third kappa shape index (κ3) is 4.38. The van der Waals surface area contributed by atoms with Crippen molar-refractivity contribution in [2.24, 2.45) is 5.73 Å². The SMILES string of the molecule is NCc1ccc(C(O)CS(=O)CC2CCCO2)cc1. The first-order valence-electron chi connectivity index (χ1n) is 6.62. The lowest BCUT2D eigenvalue weighted by Crippen LogP contribution is -2.20. The predicted molar refractivity (Wildman–Crippen MR) is 76.1 cm³/mol. The second kappa shape index (κ2) is 7.14. The highest BCUT2D eigenvalue weighted by atomic mass is 32.2. The third-order valence-corrected chi connectivity index (χ3v) is 4.77. The summed E-state index contributed by atoms with van der Waals surface area (Å²) in [6.45, 7) is 1.26. The summed E-state index contributed by atoms with van der Waals surface area (Å²) >= 11 is 0. The fourth-order valence-electron chi connectivity index (χ4n) is 2.20. The molecule has 0 radical (unpaired) electrons. The van der Waals surface area contributed by atoms with Crippen LogP contribution in [0.25, 0.3) is 0 Å². The maximum atomic E-state index is 12.0. The molecule has 3 unspecified atom stereocenters. The maximum Gasteiger partial charge on any atom is 0.0905 e. The molecule has 0 amide bonds. The highest BCUT2D eigenvalue weighted by molar-refractivity contribution is 7.85. The number of benzene rings is 1. The van der Waals surface area contributed by atoms with Crippen molar-refractivity contribution in [3.05, 3.63) is 35.4 Å². The Morgan fingerprint density at radius 2 is 2.16 bits per heavy atom. The Kier molecular flexibility index (Phi) is 5.51. The van der Waals surface area contributed by atoms with Crippen LogP contribution in [-0.4, -0.2) is 33.5 Å². The minimum absolute atomic E-state index is 0.104. The quantitative estimate of drug-likeness (QED) is 0.820. The minimum Gasteiger partial charge on any atom is -0.387 e.